The number of hydrogen-bond acceptors (Lipinski definition) is 7. The molecular weight excluding hydrogens is 387 g/mol. The molecule has 1 atom stereocenters. The molecule has 0 radical (unpaired) electrons. The molecule has 3 aromatic rings. The number of anilines is 1. The summed E-state index contributed by atoms with van der Waals surface area (Å²) < 4.78 is 20.5. The Bertz CT molecular complexity index is 1160. The average Bonchev–Trinajstić information content (AvgIpc) is 3.13. The van der Waals surface area contributed by atoms with Crippen molar-refractivity contribution in [1.29, 1.82) is 0 Å². The summed E-state index contributed by atoms with van der Waals surface area (Å²) in [6.07, 6.45) is 1.46. The zero-order valence-corrected chi connectivity index (χ0v) is 16.1. The lowest BCUT2D eigenvalue weighted by molar-refractivity contribution is 0.0991. The fourth-order valence-corrected chi connectivity index (χ4v) is 3.34. The second-order valence-corrected chi connectivity index (χ2v) is 7.38. The van der Waals surface area contributed by atoms with Crippen LogP contribution in [0.2, 0.25) is 0 Å². The first-order valence-corrected chi connectivity index (χ1v) is 9.06. The topological polar surface area (TPSA) is 113 Å². The highest BCUT2D eigenvalue weighted by Gasteiger charge is 2.26. The van der Waals surface area contributed by atoms with Gasteiger partial charge in [0.05, 0.1) is 11.4 Å². The minimum atomic E-state index is -0.752. The Morgan fingerprint density at radius 3 is 2.50 bits per heavy atom. The fourth-order valence-electron chi connectivity index (χ4n) is 2.56. The van der Waals surface area contributed by atoms with Gasteiger partial charge < -0.3 is 10.2 Å². The second-order valence-electron chi connectivity index (χ2n) is 6.09. The Morgan fingerprint density at radius 1 is 1.21 bits per heavy atom. The molecule has 0 aliphatic carbocycles. The van der Waals surface area contributed by atoms with Crippen LogP contribution >= 0.6 is 11.8 Å². The van der Waals surface area contributed by atoms with E-state index in [1.807, 2.05) is 0 Å². The Morgan fingerprint density at radius 2 is 1.86 bits per heavy atom. The van der Waals surface area contributed by atoms with Crippen LogP contribution in [-0.2, 0) is 14.1 Å². The lowest BCUT2D eigenvalue weighted by atomic mass is 10.1. The van der Waals surface area contributed by atoms with E-state index >= 15 is 0 Å². The van der Waals surface area contributed by atoms with E-state index in [0.717, 1.165) is 20.9 Å². The van der Waals surface area contributed by atoms with Gasteiger partial charge in [-0.2, -0.15) is 0 Å². The number of hydrogen-bond donors (Lipinski definition) is 1. The standard InChI is InChI=1S/C18H17FN4O4S/c1-9(14(24)13-15(20)22(2)18(26)23(3)16(13)25)28-17-21-8-12(27-17)10-4-6-11(19)7-5-10/h4-9H,20H2,1-3H3. The molecule has 0 spiro atoms. The smallest absolute Gasteiger partial charge is 0.332 e. The summed E-state index contributed by atoms with van der Waals surface area (Å²) in [4.78, 5) is 41.1. The minimum Gasteiger partial charge on any atom is -0.431 e. The molecule has 2 N–H and O–H groups in total. The van der Waals surface area contributed by atoms with Crippen molar-refractivity contribution in [2.75, 3.05) is 5.73 Å². The normalized spacial score (nSPS) is 12.1. The van der Waals surface area contributed by atoms with Gasteiger partial charge in [0.2, 0.25) is 0 Å². The number of rotatable bonds is 5. The molecule has 0 fully saturated rings. The minimum absolute atomic E-state index is 0.190. The summed E-state index contributed by atoms with van der Waals surface area (Å²) in [6, 6.07) is 5.70. The van der Waals surface area contributed by atoms with Gasteiger partial charge in [0, 0.05) is 19.7 Å². The van der Waals surface area contributed by atoms with Crippen molar-refractivity contribution >= 4 is 23.4 Å². The lowest BCUT2D eigenvalue weighted by Gasteiger charge is -2.13. The molecule has 0 aliphatic heterocycles. The van der Waals surface area contributed by atoms with E-state index < -0.39 is 22.3 Å². The van der Waals surface area contributed by atoms with Crippen LogP contribution in [0.15, 0.2) is 49.7 Å². The van der Waals surface area contributed by atoms with Crippen LogP contribution in [-0.4, -0.2) is 25.2 Å². The number of benzene rings is 1. The van der Waals surface area contributed by atoms with Gasteiger partial charge in [-0.15, -0.1) is 0 Å². The number of carbonyl (C=O) groups is 1. The van der Waals surface area contributed by atoms with Crippen molar-refractivity contribution in [2.24, 2.45) is 14.1 Å². The predicted molar refractivity (Wildman–Crippen MR) is 103 cm³/mol. The van der Waals surface area contributed by atoms with Crippen LogP contribution in [0.3, 0.4) is 0 Å². The van der Waals surface area contributed by atoms with Crippen LogP contribution in [0.25, 0.3) is 11.3 Å². The van der Waals surface area contributed by atoms with E-state index in [-0.39, 0.29) is 22.4 Å². The summed E-state index contributed by atoms with van der Waals surface area (Å²) in [5.41, 5.74) is 4.84. The van der Waals surface area contributed by atoms with Gasteiger partial charge in [0.1, 0.15) is 17.2 Å². The number of thioether (sulfide) groups is 1. The number of nitrogen functional groups attached to an aromatic ring is 1. The van der Waals surface area contributed by atoms with Gasteiger partial charge in [-0.1, -0.05) is 11.8 Å². The van der Waals surface area contributed by atoms with Crippen LogP contribution < -0.4 is 17.0 Å². The van der Waals surface area contributed by atoms with Crippen molar-refractivity contribution in [3.05, 3.63) is 62.7 Å². The number of Topliss-reactive ketones (excluding diaryl/α,β-unsaturated/α-hetero) is 1. The summed E-state index contributed by atoms with van der Waals surface area (Å²) in [5, 5.41) is -0.535. The highest BCUT2D eigenvalue weighted by Crippen LogP contribution is 2.29. The third-order valence-corrected chi connectivity index (χ3v) is 5.17. The summed E-state index contributed by atoms with van der Waals surface area (Å²) in [5.74, 6) is -0.682. The first kappa shape index (κ1) is 19.6. The number of nitrogens with two attached hydrogens (primary N) is 1. The number of nitrogens with zero attached hydrogens (tertiary/aromatic N) is 3. The van der Waals surface area contributed by atoms with Crippen molar-refractivity contribution in [1.82, 2.24) is 14.1 Å². The van der Waals surface area contributed by atoms with Gasteiger partial charge in [0.25, 0.3) is 10.8 Å². The molecule has 0 amide bonds. The molecule has 0 saturated heterocycles. The molecule has 0 bridgehead atoms. The SMILES string of the molecule is CC(Sc1ncc(-c2ccc(F)cc2)o1)C(=O)c1c(N)n(C)c(=O)n(C)c1=O. The van der Waals surface area contributed by atoms with E-state index in [4.69, 9.17) is 10.2 Å². The Balaban J connectivity index is 1.86. The molecule has 0 saturated carbocycles. The monoisotopic (exact) mass is 404 g/mol. The number of halogens is 1. The average molecular weight is 404 g/mol. The highest BCUT2D eigenvalue weighted by molar-refractivity contribution is 8.00. The van der Waals surface area contributed by atoms with E-state index in [1.54, 1.807) is 19.1 Å². The molecule has 0 aliphatic rings. The molecule has 2 aromatic heterocycles. The van der Waals surface area contributed by atoms with E-state index in [1.165, 1.54) is 32.4 Å². The molecule has 1 aromatic carbocycles. The number of carbonyl (C=O) groups excluding carboxylic acids is 1. The largest absolute Gasteiger partial charge is 0.431 e. The molecule has 10 heteroatoms. The van der Waals surface area contributed by atoms with Crippen molar-refractivity contribution in [3.8, 4) is 11.3 Å². The van der Waals surface area contributed by atoms with Gasteiger partial charge in [-0.05, 0) is 31.2 Å². The first-order chi connectivity index (χ1) is 13.2. The molecule has 1 unspecified atom stereocenters. The number of aromatic nitrogens is 3. The third-order valence-electron chi connectivity index (χ3n) is 4.22. The molecule has 28 heavy (non-hydrogen) atoms. The molecule has 3 rings (SSSR count). The van der Waals surface area contributed by atoms with Crippen LogP contribution in [0.1, 0.15) is 17.3 Å². The van der Waals surface area contributed by atoms with Crippen LogP contribution in [0.4, 0.5) is 10.2 Å². The Hall–Kier alpha value is -3.14. The third kappa shape index (κ3) is 3.50. The van der Waals surface area contributed by atoms with Crippen molar-refractivity contribution in [2.45, 2.75) is 17.4 Å². The fraction of sp³-hybridized carbons (Fsp3) is 0.222. The maximum absolute atomic E-state index is 13.0. The van der Waals surface area contributed by atoms with Gasteiger partial charge in [-0.3, -0.25) is 18.7 Å². The molecule has 2 heterocycles. The van der Waals surface area contributed by atoms with Gasteiger partial charge >= 0.3 is 5.69 Å². The number of ketones is 1. The van der Waals surface area contributed by atoms with Crippen LogP contribution in [0, 0.1) is 5.82 Å². The summed E-state index contributed by atoms with van der Waals surface area (Å²) >= 11 is 1.01. The Labute approximate surface area is 162 Å². The van der Waals surface area contributed by atoms with E-state index in [2.05, 4.69) is 4.98 Å². The second kappa shape index (κ2) is 7.47. The quantitative estimate of drug-likeness (QED) is 0.510. The van der Waals surface area contributed by atoms with Crippen molar-refractivity contribution in [3.63, 3.8) is 0 Å². The van der Waals surface area contributed by atoms with Crippen LogP contribution in [0.5, 0.6) is 0 Å². The maximum Gasteiger partial charge on any atom is 0.332 e. The number of oxazole rings is 1. The lowest BCUT2D eigenvalue weighted by Crippen LogP contribution is -2.42. The van der Waals surface area contributed by atoms with Gasteiger partial charge in [-0.25, -0.2) is 14.2 Å². The summed E-state index contributed by atoms with van der Waals surface area (Å²) in [7, 11) is 2.66. The summed E-state index contributed by atoms with van der Waals surface area (Å²) in [6.45, 7) is 1.58. The zero-order chi connectivity index (χ0) is 20.6. The maximum atomic E-state index is 13.0. The van der Waals surface area contributed by atoms with E-state index in [9.17, 15) is 18.8 Å². The molecule has 146 valence electrons. The first-order valence-electron chi connectivity index (χ1n) is 8.18. The molecular formula is C18H17FN4O4S. The zero-order valence-electron chi connectivity index (χ0n) is 15.3. The van der Waals surface area contributed by atoms with Crippen molar-refractivity contribution < 1.29 is 13.6 Å². The van der Waals surface area contributed by atoms with Gasteiger partial charge in [0.15, 0.2) is 11.5 Å². The Kier molecular flexibility index (Phi) is 5.23. The van der Waals surface area contributed by atoms with E-state index in [0.29, 0.717) is 11.3 Å². The molecule has 8 nitrogen and oxygen atoms in total. The predicted octanol–water partition coefficient (Wildman–Crippen LogP) is 1.82. The highest BCUT2D eigenvalue weighted by atomic mass is 32.2.